The van der Waals surface area contributed by atoms with Crippen molar-refractivity contribution < 1.29 is 4.74 Å². The molecule has 1 N–H and O–H groups in total. The van der Waals surface area contributed by atoms with Crippen LogP contribution in [-0.4, -0.2) is 7.11 Å². The van der Waals surface area contributed by atoms with Crippen molar-refractivity contribution in [3.05, 3.63) is 30.0 Å². The van der Waals surface area contributed by atoms with Crippen LogP contribution < -0.4 is 4.74 Å². The van der Waals surface area contributed by atoms with Crippen LogP contribution in [-0.2, 0) is 0 Å². The highest BCUT2D eigenvalue weighted by atomic mass is 16.5. The Kier molecular flexibility index (Phi) is 1.58. The summed E-state index contributed by atoms with van der Waals surface area (Å²) >= 11 is 0. The van der Waals surface area contributed by atoms with Crippen LogP contribution in [0.3, 0.4) is 0 Å². The van der Waals surface area contributed by atoms with Crippen LogP contribution in [0.25, 0.3) is 5.73 Å². The molecular weight excluding hydrogens is 114 g/mol. The lowest BCUT2D eigenvalue weighted by atomic mass is 10.3. The van der Waals surface area contributed by atoms with E-state index in [4.69, 9.17) is 10.5 Å². The molecule has 9 heavy (non-hydrogen) atoms. The van der Waals surface area contributed by atoms with E-state index in [0.717, 1.165) is 5.75 Å². The van der Waals surface area contributed by atoms with Gasteiger partial charge in [0.15, 0.2) is 0 Å². The predicted octanol–water partition coefficient (Wildman–Crippen LogP) is 2.38. The number of nitrogens with one attached hydrogen (secondary N) is 1. The van der Waals surface area contributed by atoms with Gasteiger partial charge in [-0.1, -0.05) is 12.1 Å². The molecule has 0 atom stereocenters. The van der Waals surface area contributed by atoms with E-state index in [2.05, 4.69) is 0 Å². The molecule has 2 heteroatoms. The summed E-state index contributed by atoms with van der Waals surface area (Å²) in [7, 11) is 1.59. The van der Waals surface area contributed by atoms with Crippen LogP contribution >= 0.6 is 0 Å². The Hall–Kier alpha value is -1.18. The van der Waals surface area contributed by atoms with Gasteiger partial charge in [-0.3, -0.25) is 0 Å². The third-order valence-corrected chi connectivity index (χ3v) is 1.07. The van der Waals surface area contributed by atoms with Gasteiger partial charge >= 0.3 is 0 Å². The van der Waals surface area contributed by atoms with E-state index in [1.807, 2.05) is 6.07 Å². The van der Waals surface area contributed by atoms with Crippen LogP contribution in [0.5, 0.6) is 5.75 Å². The Morgan fingerprint density at radius 1 is 1.44 bits per heavy atom. The maximum atomic E-state index is 7.16. The summed E-state index contributed by atoms with van der Waals surface area (Å²) in [5, 5.41) is 0. The topological polar surface area (TPSA) is 33.0 Å². The van der Waals surface area contributed by atoms with Gasteiger partial charge in [0.2, 0.25) is 0 Å². The van der Waals surface area contributed by atoms with Crippen molar-refractivity contribution in [1.29, 1.82) is 0 Å². The van der Waals surface area contributed by atoms with Gasteiger partial charge in [0.1, 0.15) is 5.75 Å². The number of rotatable bonds is 1. The van der Waals surface area contributed by atoms with E-state index >= 15 is 0 Å². The van der Waals surface area contributed by atoms with Crippen LogP contribution in [0.2, 0.25) is 0 Å². The first-order chi connectivity index (χ1) is 4.33. The summed E-state index contributed by atoms with van der Waals surface area (Å²) in [6.45, 7) is 0. The fraction of sp³-hybridized carbons (Fsp3) is 0.143. The molecule has 0 bridgehead atoms. The minimum atomic E-state index is 0.481. The predicted molar refractivity (Wildman–Crippen MR) is 37.0 cm³/mol. The third-order valence-electron chi connectivity index (χ3n) is 1.07. The minimum absolute atomic E-state index is 0.481. The number of ether oxygens (including phenoxy) is 1. The molecule has 1 rings (SSSR count). The van der Waals surface area contributed by atoms with Gasteiger partial charge in [0, 0.05) is 0 Å². The van der Waals surface area contributed by atoms with E-state index in [1.54, 1.807) is 25.3 Å². The van der Waals surface area contributed by atoms with Crippen molar-refractivity contribution in [3.8, 4) is 5.75 Å². The van der Waals surface area contributed by atoms with Crippen LogP contribution in [0, 0.1) is 0 Å². The molecule has 0 aliphatic carbocycles. The zero-order chi connectivity index (χ0) is 6.69. The fourth-order valence-corrected chi connectivity index (χ4v) is 0.623. The van der Waals surface area contributed by atoms with E-state index in [0.29, 0.717) is 5.69 Å². The molecule has 2 nitrogen and oxygen atoms in total. The molecule has 0 aliphatic rings. The number of hydrogen-bond acceptors (Lipinski definition) is 1. The largest absolute Gasteiger partial charge is 0.699 e. The second-order valence-electron chi connectivity index (χ2n) is 1.73. The van der Waals surface area contributed by atoms with Gasteiger partial charge in [0.25, 0.3) is 0 Å². The lowest BCUT2D eigenvalue weighted by Crippen LogP contribution is -1.79. The minimum Gasteiger partial charge on any atom is -0.699 e. The van der Waals surface area contributed by atoms with Gasteiger partial charge < -0.3 is 10.5 Å². The quantitative estimate of drug-likeness (QED) is 0.562. The first-order valence-electron chi connectivity index (χ1n) is 2.68. The van der Waals surface area contributed by atoms with Crippen molar-refractivity contribution in [2.75, 3.05) is 7.11 Å². The summed E-state index contributed by atoms with van der Waals surface area (Å²) in [5.74, 6) is 0.738. The molecular formula is C7H8NO-. The molecule has 0 fully saturated rings. The first-order valence-corrected chi connectivity index (χ1v) is 2.68. The molecule has 0 saturated heterocycles. The zero-order valence-electron chi connectivity index (χ0n) is 5.22. The van der Waals surface area contributed by atoms with Gasteiger partial charge in [-0.05, 0) is 12.1 Å². The summed E-state index contributed by atoms with van der Waals surface area (Å²) < 4.78 is 4.88. The van der Waals surface area contributed by atoms with Gasteiger partial charge in [-0.2, -0.15) is 0 Å². The molecule has 0 heterocycles. The van der Waals surface area contributed by atoms with Gasteiger partial charge in [0.05, 0.1) is 7.11 Å². The molecule has 48 valence electrons. The van der Waals surface area contributed by atoms with Crippen molar-refractivity contribution >= 4 is 5.69 Å². The zero-order valence-corrected chi connectivity index (χ0v) is 5.22. The van der Waals surface area contributed by atoms with Crippen molar-refractivity contribution in [3.63, 3.8) is 0 Å². The Morgan fingerprint density at radius 3 is 2.67 bits per heavy atom. The lowest BCUT2D eigenvalue weighted by molar-refractivity contribution is 0.415. The Bertz CT molecular complexity index is 198. The molecule has 1 aromatic carbocycles. The van der Waals surface area contributed by atoms with E-state index in [-0.39, 0.29) is 0 Å². The van der Waals surface area contributed by atoms with Crippen molar-refractivity contribution in [1.82, 2.24) is 0 Å². The molecule has 0 unspecified atom stereocenters. The monoisotopic (exact) mass is 122 g/mol. The first kappa shape index (κ1) is 5.95. The highest BCUT2D eigenvalue weighted by molar-refractivity contribution is 5.47. The van der Waals surface area contributed by atoms with E-state index in [1.165, 1.54) is 0 Å². The average molecular weight is 122 g/mol. The Morgan fingerprint density at radius 2 is 2.22 bits per heavy atom. The second kappa shape index (κ2) is 2.40. The highest BCUT2D eigenvalue weighted by Crippen LogP contribution is 2.17. The highest BCUT2D eigenvalue weighted by Gasteiger charge is 1.82. The molecule has 0 aliphatic heterocycles. The standard InChI is InChI=1S/C7H8NO/c1-9-7-4-2-3-6(8)5-7/h2-5,8H,1H3/q-1. The second-order valence-corrected chi connectivity index (χ2v) is 1.73. The van der Waals surface area contributed by atoms with Crippen LogP contribution in [0.15, 0.2) is 24.3 Å². The van der Waals surface area contributed by atoms with Gasteiger partial charge in [-0.15, -0.1) is 5.69 Å². The lowest BCUT2D eigenvalue weighted by Gasteiger charge is -2.03. The smallest absolute Gasteiger partial charge is 0.117 e. The Balaban J connectivity index is 2.94. The fourth-order valence-electron chi connectivity index (χ4n) is 0.623. The number of benzene rings is 1. The van der Waals surface area contributed by atoms with Gasteiger partial charge in [-0.25, -0.2) is 0 Å². The number of hydrogen-bond donors (Lipinski definition) is 0. The number of methoxy groups -OCH3 is 1. The summed E-state index contributed by atoms with van der Waals surface area (Å²) in [6.07, 6.45) is 0. The van der Waals surface area contributed by atoms with Crippen LogP contribution in [0.4, 0.5) is 5.69 Å². The molecule has 1 aromatic rings. The van der Waals surface area contributed by atoms with E-state index < -0.39 is 0 Å². The van der Waals surface area contributed by atoms with Crippen molar-refractivity contribution in [2.24, 2.45) is 0 Å². The Labute approximate surface area is 54.2 Å². The third kappa shape index (κ3) is 1.35. The maximum absolute atomic E-state index is 7.16. The maximum Gasteiger partial charge on any atom is 0.117 e. The molecule has 0 aromatic heterocycles. The molecule has 0 radical (unpaired) electrons. The molecule has 0 amide bonds. The molecule has 0 spiro atoms. The summed E-state index contributed by atoms with van der Waals surface area (Å²) in [6, 6.07) is 6.99. The summed E-state index contributed by atoms with van der Waals surface area (Å²) in [5.41, 5.74) is 7.64. The summed E-state index contributed by atoms with van der Waals surface area (Å²) in [4.78, 5) is 0. The molecule has 0 saturated carbocycles. The van der Waals surface area contributed by atoms with Crippen molar-refractivity contribution in [2.45, 2.75) is 0 Å². The van der Waals surface area contributed by atoms with Crippen LogP contribution in [0.1, 0.15) is 0 Å². The SMILES string of the molecule is COc1cccc([NH-])c1. The average Bonchev–Trinajstić information content (AvgIpc) is 1.88. The normalized spacial score (nSPS) is 9.00. The van der Waals surface area contributed by atoms with E-state index in [9.17, 15) is 0 Å².